The first-order chi connectivity index (χ1) is 8.54. The minimum atomic E-state index is 0.501. The zero-order chi connectivity index (χ0) is 13.1. The number of halogens is 2. The highest BCUT2D eigenvalue weighted by Gasteiger charge is 2.02. The maximum Gasteiger partial charge on any atom is 0.123 e. The second-order valence-corrected chi connectivity index (χ2v) is 5.92. The zero-order valence-corrected chi connectivity index (χ0v) is 13.1. The predicted molar refractivity (Wildman–Crippen MR) is 81.8 cm³/mol. The summed E-state index contributed by atoms with van der Waals surface area (Å²) in [5.74, 6) is 0.878. The van der Waals surface area contributed by atoms with Crippen molar-refractivity contribution in [1.29, 1.82) is 0 Å². The molecule has 0 radical (unpaired) electrons. The van der Waals surface area contributed by atoms with Crippen molar-refractivity contribution in [2.24, 2.45) is 0 Å². The number of rotatable bonds is 3. The van der Waals surface area contributed by atoms with Gasteiger partial charge in [0.15, 0.2) is 0 Å². The molecule has 0 saturated carbocycles. The largest absolute Gasteiger partial charge is 0.489 e. The second-order valence-electron chi connectivity index (χ2n) is 4.09. The SMILES string of the molecule is Cc1ccc(Br)cc1OCc1cc(N)cc(Br)c1. The lowest BCUT2D eigenvalue weighted by atomic mass is 10.2. The molecule has 0 fully saturated rings. The average Bonchev–Trinajstić information content (AvgIpc) is 2.29. The zero-order valence-electron chi connectivity index (χ0n) is 9.91. The Morgan fingerprint density at radius 3 is 2.56 bits per heavy atom. The summed E-state index contributed by atoms with van der Waals surface area (Å²) in [7, 11) is 0. The van der Waals surface area contributed by atoms with Crippen LogP contribution in [-0.2, 0) is 6.61 Å². The molecule has 94 valence electrons. The number of hydrogen-bond donors (Lipinski definition) is 1. The van der Waals surface area contributed by atoms with E-state index >= 15 is 0 Å². The monoisotopic (exact) mass is 369 g/mol. The van der Waals surface area contributed by atoms with Gasteiger partial charge >= 0.3 is 0 Å². The number of hydrogen-bond acceptors (Lipinski definition) is 2. The Balaban J connectivity index is 2.13. The molecule has 0 aliphatic carbocycles. The van der Waals surface area contributed by atoms with Gasteiger partial charge in [-0.05, 0) is 48.4 Å². The second kappa shape index (κ2) is 5.76. The average molecular weight is 371 g/mol. The first kappa shape index (κ1) is 13.4. The van der Waals surface area contributed by atoms with Crippen molar-refractivity contribution in [2.75, 3.05) is 5.73 Å². The fourth-order valence-electron chi connectivity index (χ4n) is 1.65. The molecule has 2 rings (SSSR count). The molecule has 0 saturated heterocycles. The first-order valence-corrected chi connectivity index (χ1v) is 7.07. The van der Waals surface area contributed by atoms with Gasteiger partial charge in [-0.2, -0.15) is 0 Å². The molecule has 0 spiro atoms. The van der Waals surface area contributed by atoms with E-state index in [0.29, 0.717) is 6.61 Å². The third-order valence-electron chi connectivity index (χ3n) is 2.52. The highest BCUT2D eigenvalue weighted by molar-refractivity contribution is 9.10. The topological polar surface area (TPSA) is 35.2 Å². The molecule has 0 heterocycles. The van der Waals surface area contributed by atoms with Crippen LogP contribution in [0, 0.1) is 6.92 Å². The van der Waals surface area contributed by atoms with Gasteiger partial charge in [0.2, 0.25) is 0 Å². The summed E-state index contributed by atoms with van der Waals surface area (Å²) in [5.41, 5.74) is 8.67. The van der Waals surface area contributed by atoms with Gasteiger partial charge < -0.3 is 10.5 Å². The van der Waals surface area contributed by atoms with Gasteiger partial charge in [0.1, 0.15) is 12.4 Å². The van der Waals surface area contributed by atoms with Crippen LogP contribution in [-0.4, -0.2) is 0 Å². The van der Waals surface area contributed by atoms with Gasteiger partial charge in [-0.15, -0.1) is 0 Å². The van der Waals surface area contributed by atoms with E-state index in [1.807, 2.05) is 43.3 Å². The lowest BCUT2D eigenvalue weighted by molar-refractivity contribution is 0.304. The van der Waals surface area contributed by atoms with Crippen LogP contribution in [0.5, 0.6) is 5.75 Å². The lowest BCUT2D eigenvalue weighted by Gasteiger charge is -2.10. The molecule has 0 aliphatic heterocycles. The predicted octanol–water partition coefficient (Wildman–Crippen LogP) is 4.68. The summed E-state index contributed by atoms with van der Waals surface area (Å²) in [6.45, 7) is 2.53. The Morgan fingerprint density at radius 2 is 1.83 bits per heavy atom. The summed E-state index contributed by atoms with van der Waals surface area (Å²) < 4.78 is 7.78. The van der Waals surface area contributed by atoms with Gasteiger partial charge in [0.25, 0.3) is 0 Å². The number of benzene rings is 2. The summed E-state index contributed by atoms with van der Waals surface area (Å²) in [6.07, 6.45) is 0. The number of ether oxygens (including phenoxy) is 1. The number of anilines is 1. The highest BCUT2D eigenvalue weighted by Crippen LogP contribution is 2.24. The fourth-order valence-corrected chi connectivity index (χ4v) is 2.55. The van der Waals surface area contributed by atoms with Crippen LogP contribution >= 0.6 is 31.9 Å². The van der Waals surface area contributed by atoms with Crippen LogP contribution in [0.25, 0.3) is 0 Å². The third-order valence-corrected chi connectivity index (χ3v) is 3.48. The lowest BCUT2D eigenvalue weighted by Crippen LogP contribution is -1.98. The Hall–Kier alpha value is -1.00. The molecule has 0 unspecified atom stereocenters. The molecule has 18 heavy (non-hydrogen) atoms. The van der Waals surface area contributed by atoms with Gasteiger partial charge in [0.05, 0.1) is 0 Å². The third kappa shape index (κ3) is 3.50. The molecule has 4 heteroatoms. The van der Waals surface area contributed by atoms with E-state index in [1.54, 1.807) is 0 Å². The Morgan fingerprint density at radius 1 is 1.06 bits per heavy atom. The van der Waals surface area contributed by atoms with Crippen molar-refractivity contribution >= 4 is 37.5 Å². The molecule has 2 aromatic carbocycles. The summed E-state index contributed by atoms with van der Waals surface area (Å²) in [5, 5.41) is 0. The van der Waals surface area contributed by atoms with Crippen LogP contribution in [0.3, 0.4) is 0 Å². The van der Waals surface area contributed by atoms with Crippen molar-refractivity contribution in [2.45, 2.75) is 13.5 Å². The summed E-state index contributed by atoms with van der Waals surface area (Å²) in [6, 6.07) is 11.8. The maximum absolute atomic E-state index is 5.81. The molecule has 2 nitrogen and oxygen atoms in total. The van der Waals surface area contributed by atoms with Crippen molar-refractivity contribution < 1.29 is 4.74 Å². The van der Waals surface area contributed by atoms with Crippen LogP contribution in [0.4, 0.5) is 5.69 Å². The van der Waals surface area contributed by atoms with Gasteiger partial charge in [-0.25, -0.2) is 0 Å². The highest BCUT2D eigenvalue weighted by atomic mass is 79.9. The van der Waals surface area contributed by atoms with Crippen molar-refractivity contribution in [3.05, 3.63) is 56.5 Å². The van der Waals surface area contributed by atoms with Gasteiger partial charge in [-0.1, -0.05) is 37.9 Å². The minimum Gasteiger partial charge on any atom is -0.489 e. The molecular formula is C14H13Br2NO. The van der Waals surface area contributed by atoms with Crippen molar-refractivity contribution in [1.82, 2.24) is 0 Å². The standard InChI is InChI=1S/C14H13Br2NO/c1-9-2-3-11(15)7-14(9)18-8-10-4-12(16)6-13(17)5-10/h2-7H,8,17H2,1H3. The quantitative estimate of drug-likeness (QED) is 0.796. The van der Waals surface area contributed by atoms with Gasteiger partial charge in [-0.3, -0.25) is 0 Å². The molecule has 0 amide bonds. The van der Waals surface area contributed by atoms with Crippen LogP contribution in [0.2, 0.25) is 0 Å². The summed E-state index contributed by atoms with van der Waals surface area (Å²) >= 11 is 6.86. The van der Waals surface area contributed by atoms with E-state index in [1.165, 1.54) is 0 Å². The molecule has 0 bridgehead atoms. The van der Waals surface area contributed by atoms with Crippen molar-refractivity contribution in [3.63, 3.8) is 0 Å². The number of nitrogen functional groups attached to an aromatic ring is 1. The van der Waals surface area contributed by atoms with E-state index < -0.39 is 0 Å². The van der Waals surface area contributed by atoms with Crippen LogP contribution < -0.4 is 10.5 Å². The van der Waals surface area contributed by atoms with E-state index in [-0.39, 0.29) is 0 Å². The molecule has 0 aromatic heterocycles. The summed E-state index contributed by atoms with van der Waals surface area (Å²) in [4.78, 5) is 0. The Labute approximate surface area is 123 Å². The maximum atomic E-state index is 5.81. The number of aryl methyl sites for hydroxylation is 1. The molecule has 0 atom stereocenters. The smallest absolute Gasteiger partial charge is 0.123 e. The Kier molecular flexibility index (Phi) is 4.30. The van der Waals surface area contributed by atoms with E-state index in [4.69, 9.17) is 10.5 Å². The van der Waals surface area contributed by atoms with E-state index in [9.17, 15) is 0 Å². The van der Waals surface area contributed by atoms with Crippen LogP contribution in [0.15, 0.2) is 45.3 Å². The van der Waals surface area contributed by atoms with E-state index in [2.05, 4.69) is 31.9 Å². The van der Waals surface area contributed by atoms with Crippen LogP contribution in [0.1, 0.15) is 11.1 Å². The normalized spacial score (nSPS) is 10.4. The first-order valence-electron chi connectivity index (χ1n) is 5.48. The van der Waals surface area contributed by atoms with Crippen molar-refractivity contribution in [3.8, 4) is 5.75 Å². The molecule has 2 N–H and O–H groups in total. The molecule has 0 aliphatic rings. The van der Waals surface area contributed by atoms with Gasteiger partial charge in [0, 0.05) is 14.6 Å². The molecular weight excluding hydrogens is 358 g/mol. The Bertz CT molecular complexity index is 549. The fraction of sp³-hybridized carbons (Fsp3) is 0.143. The minimum absolute atomic E-state index is 0.501. The number of nitrogens with two attached hydrogens (primary N) is 1. The van der Waals surface area contributed by atoms with E-state index in [0.717, 1.165) is 31.5 Å². The molecule has 2 aromatic rings.